The van der Waals surface area contributed by atoms with Gasteiger partial charge in [0.2, 0.25) is 5.79 Å². The number of fused-ring (bicyclic) bond motifs is 1. The van der Waals surface area contributed by atoms with E-state index < -0.39 is 68.3 Å². The second kappa shape index (κ2) is 13.2. The molecular formula is C30H55NO10Si. The standard InChI is InChI=1S/C30H55NO10Si/c1-17-14-30(36-10,41-19(3)18(17)2)24(33)26(34)31-27-23-22(37-16-38-27)25(35-9)29(7,8)21(40-23)13-20(32)15-39-42(11,12)28(4,5)6/h18-25,27,32-33H,1,13-16H2,2-12H3,(H,31,34)/t18-,19-,20-,21-,22+,23+,24-,25-,27+,30-/m1/s1. The summed E-state index contributed by atoms with van der Waals surface area (Å²) in [5.74, 6) is -2.27. The van der Waals surface area contributed by atoms with Crippen LogP contribution in [0.1, 0.15) is 61.3 Å². The fourth-order valence-electron chi connectivity index (χ4n) is 5.77. The van der Waals surface area contributed by atoms with Gasteiger partial charge < -0.3 is 48.4 Å². The van der Waals surface area contributed by atoms with Crippen LogP contribution in [0.5, 0.6) is 0 Å². The van der Waals surface area contributed by atoms with Crippen LogP contribution in [0.25, 0.3) is 0 Å². The SMILES string of the molecule is C=C1C[C@](OC)([C@H](O)C(=O)N[C@H]2OCO[C@H]3[C@@H]2O[C@H](C[C@@H](O)CO[Si](C)(C)C(C)(C)C)C(C)(C)[C@@H]3OC)O[C@H](C)[C@@H]1C. The van der Waals surface area contributed by atoms with Crippen molar-refractivity contribution in [3.05, 3.63) is 12.2 Å². The van der Waals surface area contributed by atoms with Gasteiger partial charge in [-0.2, -0.15) is 0 Å². The number of hydrogen-bond acceptors (Lipinski definition) is 10. The number of hydrogen-bond donors (Lipinski definition) is 3. The highest BCUT2D eigenvalue weighted by atomic mass is 28.4. The first kappa shape index (κ1) is 35.5. The molecule has 3 saturated heterocycles. The van der Waals surface area contributed by atoms with Crippen molar-refractivity contribution in [2.24, 2.45) is 11.3 Å². The van der Waals surface area contributed by atoms with Gasteiger partial charge in [0.05, 0.1) is 31.0 Å². The smallest absolute Gasteiger partial charge is 0.256 e. The van der Waals surface area contributed by atoms with Gasteiger partial charge in [-0.15, -0.1) is 0 Å². The molecule has 0 aromatic carbocycles. The van der Waals surface area contributed by atoms with Crippen LogP contribution >= 0.6 is 0 Å². The Morgan fingerprint density at radius 1 is 1.17 bits per heavy atom. The minimum atomic E-state index is -2.06. The maximum absolute atomic E-state index is 13.4. The summed E-state index contributed by atoms with van der Waals surface area (Å²) >= 11 is 0. The van der Waals surface area contributed by atoms with E-state index in [9.17, 15) is 15.0 Å². The van der Waals surface area contributed by atoms with Gasteiger partial charge >= 0.3 is 0 Å². The summed E-state index contributed by atoms with van der Waals surface area (Å²) in [6, 6.07) is 0. The lowest BCUT2D eigenvalue weighted by Crippen LogP contribution is -2.69. The van der Waals surface area contributed by atoms with Gasteiger partial charge in [-0.05, 0) is 25.1 Å². The van der Waals surface area contributed by atoms with Gasteiger partial charge in [0.1, 0.15) is 19.0 Å². The average Bonchev–Trinajstić information content (AvgIpc) is 2.90. The van der Waals surface area contributed by atoms with Crippen LogP contribution < -0.4 is 5.32 Å². The molecule has 11 nitrogen and oxygen atoms in total. The Morgan fingerprint density at radius 2 is 1.81 bits per heavy atom. The molecule has 3 aliphatic rings. The molecule has 0 aliphatic carbocycles. The third kappa shape index (κ3) is 7.14. The van der Waals surface area contributed by atoms with Crippen molar-refractivity contribution in [3.8, 4) is 0 Å². The Hall–Kier alpha value is -0.933. The van der Waals surface area contributed by atoms with Crippen molar-refractivity contribution in [3.63, 3.8) is 0 Å². The van der Waals surface area contributed by atoms with Crippen molar-refractivity contribution in [1.82, 2.24) is 5.32 Å². The maximum Gasteiger partial charge on any atom is 0.256 e. The van der Waals surface area contributed by atoms with Crippen molar-refractivity contribution in [1.29, 1.82) is 0 Å². The van der Waals surface area contributed by atoms with Gasteiger partial charge in [0, 0.05) is 38.4 Å². The van der Waals surface area contributed by atoms with E-state index in [4.69, 9.17) is 32.8 Å². The molecule has 3 rings (SSSR count). The summed E-state index contributed by atoms with van der Waals surface area (Å²) in [6.07, 6.45) is -5.51. The number of aliphatic hydroxyl groups excluding tert-OH is 2. The Labute approximate surface area is 252 Å². The van der Waals surface area contributed by atoms with Crippen LogP contribution in [0.4, 0.5) is 0 Å². The highest BCUT2D eigenvalue weighted by Gasteiger charge is 2.57. The molecule has 0 saturated carbocycles. The highest BCUT2D eigenvalue weighted by Crippen LogP contribution is 2.44. The molecular weight excluding hydrogens is 562 g/mol. The molecule has 3 heterocycles. The zero-order valence-corrected chi connectivity index (χ0v) is 28.4. The lowest BCUT2D eigenvalue weighted by atomic mass is 9.72. The fraction of sp³-hybridized carbons (Fsp3) is 0.900. The second-order valence-corrected chi connectivity index (χ2v) is 19.0. The number of amides is 1. The van der Waals surface area contributed by atoms with E-state index >= 15 is 0 Å². The van der Waals surface area contributed by atoms with Crippen LogP contribution in [0.15, 0.2) is 12.2 Å². The van der Waals surface area contributed by atoms with Crippen LogP contribution in [-0.4, -0.2) is 107 Å². The Bertz CT molecular complexity index is 955. The largest absolute Gasteiger partial charge is 0.414 e. The normalized spacial score (nSPS) is 37.1. The van der Waals surface area contributed by atoms with Gasteiger partial charge in [-0.25, -0.2) is 0 Å². The van der Waals surface area contributed by atoms with Crippen molar-refractivity contribution in [2.45, 2.75) is 134 Å². The highest BCUT2D eigenvalue weighted by molar-refractivity contribution is 6.74. The quantitative estimate of drug-likeness (QED) is 0.248. The number of carbonyl (C=O) groups excluding carboxylic acids is 1. The number of aliphatic hydroxyl groups is 2. The monoisotopic (exact) mass is 617 g/mol. The Balaban J connectivity index is 1.76. The molecule has 0 aromatic heterocycles. The van der Waals surface area contributed by atoms with Crippen molar-refractivity contribution < 1.29 is 47.9 Å². The minimum absolute atomic E-state index is 0.0159. The summed E-state index contributed by atoms with van der Waals surface area (Å²) < 4.78 is 42.1. The average molecular weight is 618 g/mol. The molecule has 1 amide bonds. The van der Waals surface area contributed by atoms with Crippen molar-refractivity contribution in [2.75, 3.05) is 27.6 Å². The number of nitrogens with one attached hydrogen (secondary N) is 1. The minimum Gasteiger partial charge on any atom is -0.414 e. The van der Waals surface area contributed by atoms with Gasteiger partial charge in [0.15, 0.2) is 20.6 Å². The molecule has 12 heteroatoms. The first-order valence-corrected chi connectivity index (χ1v) is 17.8. The third-order valence-electron chi connectivity index (χ3n) is 10.00. The Morgan fingerprint density at radius 3 is 2.36 bits per heavy atom. The van der Waals surface area contributed by atoms with E-state index in [0.717, 1.165) is 5.57 Å². The van der Waals surface area contributed by atoms with Crippen LogP contribution in [0.2, 0.25) is 18.1 Å². The zero-order chi connectivity index (χ0) is 31.8. The Kier molecular flexibility index (Phi) is 11.2. The topological polar surface area (TPSA) is 134 Å². The van der Waals surface area contributed by atoms with E-state index in [1.807, 2.05) is 27.7 Å². The third-order valence-corrected chi connectivity index (χ3v) is 14.5. The number of methoxy groups -OCH3 is 2. The molecule has 244 valence electrons. The van der Waals surface area contributed by atoms with Crippen LogP contribution in [0, 0.1) is 11.3 Å². The maximum atomic E-state index is 13.4. The summed E-state index contributed by atoms with van der Waals surface area (Å²) in [4.78, 5) is 13.4. The van der Waals surface area contributed by atoms with Gasteiger partial charge in [-0.1, -0.05) is 53.7 Å². The predicted molar refractivity (Wildman–Crippen MR) is 159 cm³/mol. The number of carbonyl (C=O) groups is 1. The number of rotatable bonds is 10. The zero-order valence-electron chi connectivity index (χ0n) is 27.4. The van der Waals surface area contributed by atoms with Gasteiger partial charge in [0.25, 0.3) is 5.91 Å². The fourth-order valence-corrected chi connectivity index (χ4v) is 6.81. The summed E-state index contributed by atoms with van der Waals surface area (Å²) in [5, 5.41) is 25.0. The molecule has 0 unspecified atom stereocenters. The molecule has 3 aliphatic heterocycles. The van der Waals surface area contributed by atoms with E-state index in [1.165, 1.54) is 7.11 Å². The lowest BCUT2D eigenvalue weighted by molar-refractivity contribution is -0.333. The molecule has 0 radical (unpaired) electrons. The first-order valence-electron chi connectivity index (χ1n) is 14.9. The van der Waals surface area contributed by atoms with E-state index in [2.05, 4.69) is 45.8 Å². The van der Waals surface area contributed by atoms with Crippen LogP contribution in [0.3, 0.4) is 0 Å². The molecule has 42 heavy (non-hydrogen) atoms. The summed E-state index contributed by atoms with van der Waals surface area (Å²) in [6.45, 7) is 22.8. The first-order chi connectivity index (χ1) is 19.3. The molecule has 3 N–H and O–H groups in total. The lowest BCUT2D eigenvalue weighted by Gasteiger charge is -2.54. The van der Waals surface area contributed by atoms with E-state index in [0.29, 0.717) is 0 Å². The molecule has 0 aromatic rings. The molecule has 10 atom stereocenters. The second-order valence-electron chi connectivity index (χ2n) is 14.2. The van der Waals surface area contributed by atoms with E-state index in [1.54, 1.807) is 7.11 Å². The molecule has 0 spiro atoms. The number of ether oxygens (including phenoxy) is 6. The molecule has 3 fully saturated rings. The van der Waals surface area contributed by atoms with Gasteiger partial charge in [-0.3, -0.25) is 4.79 Å². The van der Waals surface area contributed by atoms with Crippen molar-refractivity contribution >= 4 is 14.2 Å². The summed E-state index contributed by atoms with van der Waals surface area (Å²) in [7, 11) is 0.948. The van der Waals surface area contributed by atoms with E-state index in [-0.39, 0.29) is 43.3 Å². The molecule has 0 bridgehead atoms. The predicted octanol–water partition coefficient (Wildman–Crippen LogP) is 3.09. The summed E-state index contributed by atoms with van der Waals surface area (Å²) in [5.41, 5.74) is 0.271. The van der Waals surface area contributed by atoms with Crippen LogP contribution in [-0.2, 0) is 37.6 Å².